The van der Waals surface area contributed by atoms with Gasteiger partial charge < -0.3 is 5.32 Å². The van der Waals surface area contributed by atoms with Crippen molar-refractivity contribution in [3.8, 4) is 6.07 Å². The first-order valence-electron chi connectivity index (χ1n) is 11.5. The number of benzene rings is 2. The maximum Gasteiger partial charge on any atom is 0.244 e. The van der Waals surface area contributed by atoms with Gasteiger partial charge in [0, 0.05) is 44.2 Å². The van der Waals surface area contributed by atoms with E-state index in [1.165, 1.54) is 22.0 Å². The number of rotatable bonds is 6. The number of amides is 1. The lowest BCUT2D eigenvalue weighted by atomic mass is 9.97. The minimum atomic E-state index is -3.75. The van der Waals surface area contributed by atoms with Crippen LogP contribution in [0.2, 0.25) is 0 Å². The SMILES string of the molecule is CC(c1ccccc1)N1CCC(NC(=O)C2CCN(S(=O)(=O)c3ccccc3C#N)CC2)C1. The minimum absolute atomic E-state index is 0.0173. The maximum absolute atomic E-state index is 13.0. The van der Waals surface area contributed by atoms with E-state index in [9.17, 15) is 18.5 Å². The van der Waals surface area contributed by atoms with E-state index in [4.69, 9.17) is 0 Å². The molecule has 0 saturated carbocycles. The molecule has 7 nitrogen and oxygen atoms in total. The van der Waals surface area contributed by atoms with Crippen molar-refractivity contribution in [3.63, 3.8) is 0 Å². The number of nitriles is 1. The molecule has 0 bridgehead atoms. The van der Waals surface area contributed by atoms with Gasteiger partial charge in [-0.1, -0.05) is 42.5 Å². The molecule has 2 aromatic rings. The Morgan fingerprint density at radius 1 is 1.03 bits per heavy atom. The lowest BCUT2D eigenvalue weighted by molar-refractivity contribution is -0.126. The van der Waals surface area contributed by atoms with E-state index in [2.05, 4.69) is 29.3 Å². The van der Waals surface area contributed by atoms with E-state index < -0.39 is 10.0 Å². The van der Waals surface area contributed by atoms with Crippen LogP contribution in [0, 0.1) is 17.2 Å². The molecule has 1 N–H and O–H groups in total. The zero-order chi connectivity index (χ0) is 23.4. The standard InChI is InChI=1S/C25H30N4O3S/c1-19(20-7-3-2-4-8-20)28-14-13-23(18-28)27-25(30)21-11-15-29(16-12-21)33(31,32)24-10-6-5-9-22(24)17-26/h2-10,19,21,23H,11-16,18H2,1H3,(H,27,30). The zero-order valence-corrected chi connectivity index (χ0v) is 19.7. The smallest absolute Gasteiger partial charge is 0.244 e. The normalized spacial score (nSPS) is 21.4. The topological polar surface area (TPSA) is 93.5 Å². The van der Waals surface area contributed by atoms with Gasteiger partial charge in [-0.3, -0.25) is 9.69 Å². The Labute approximate surface area is 196 Å². The largest absolute Gasteiger partial charge is 0.352 e. The van der Waals surface area contributed by atoms with E-state index in [0.29, 0.717) is 18.9 Å². The first-order valence-corrected chi connectivity index (χ1v) is 12.9. The Bertz CT molecular complexity index is 1120. The lowest BCUT2D eigenvalue weighted by Gasteiger charge is -2.31. The Kier molecular flexibility index (Phi) is 7.13. The highest BCUT2D eigenvalue weighted by Crippen LogP contribution is 2.27. The van der Waals surface area contributed by atoms with E-state index in [-0.39, 0.29) is 41.4 Å². The van der Waals surface area contributed by atoms with E-state index in [1.54, 1.807) is 12.1 Å². The lowest BCUT2D eigenvalue weighted by Crippen LogP contribution is -2.46. The Balaban J connectivity index is 1.30. The van der Waals surface area contributed by atoms with Crippen molar-refractivity contribution in [2.24, 2.45) is 5.92 Å². The van der Waals surface area contributed by atoms with Crippen molar-refractivity contribution in [1.29, 1.82) is 5.26 Å². The maximum atomic E-state index is 13.0. The average Bonchev–Trinajstić information content (AvgIpc) is 3.32. The molecule has 2 aromatic carbocycles. The van der Waals surface area contributed by atoms with E-state index in [1.807, 2.05) is 24.3 Å². The fourth-order valence-corrected chi connectivity index (χ4v) is 6.41. The number of hydrogen-bond acceptors (Lipinski definition) is 5. The summed E-state index contributed by atoms with van der Waals surface area (Å²) < 4.78 is 27.4. The number of hydrogen-bond donors (Lipinski definition) is 1. The summed E-state index contributed by atoms with van der Waals surface area (Å²) in [5.74, 6) is -0.174. The van der Waals surface area contributed by atoms with Crippen LogP contribution in [0.4, 0.5) is 0 Å². The Morgan fingerprint density at radius 3 is 2.39 bits per heavy atom. The number of nitrogens with one attached hydrogen (secondary N) is 1. The monoisotopic (exact) mass is 466 g/mol. The van der Waals surface area contributed by atoms with Crippen molar-refractivity contribution in [2.45, 2.75) is 43.2 Å². The molecule has 33 heavy (non-hydrogen) atoms. The van der Waals surface area contributed by atoms with Crippen molar-refractivity contribution in [2.75, 3.05) is 26.2 Å². The van der Waals surface area contributed by atoms with Crippen molar-refractivity contribution in [3.05, 3.63) is 65.7 Å². The van der Waals surface area contributed by atoms with Crippen LogP contribution in [0.15, 0.2) is 59.5 Å². The van der Waals surface area contributed by atoms with Crippen LogP contribution in [-0.4, -0.2) is 55.8 Å². The molecular formula is C25H30N4O3S. The average molecular weight is 467 g/mol. The van der Waals surface area contributed by atoms with Crippen molar-refractivity contribution < 1.29 is 13.2 Å². The van der Waals surface area contributed by atoms with Crippen LogP contribution in [0.3, 0.4) is 0 Å². The van der Waals surface area contributed by atoms with Crippen LogP contribution < -0.4 is 5.32 Å². The second-order valence-corrected chi connectivity index (χ2v) is 10.8. The number of carbonyl (C=O) groups is 1. The molecule has 2 fully saturated rings. The first-order chi connectivity index (χ1) is 15.9. The zero-order valence-electron chi connectivity index (χ0n) is 18.9. The summed E-state index contributed by atoms with van der Waals surface area (Å²) in [6.07, 6.45) is 1.88. The highest BCUT2D eigenvalue weighted by atomic mass is 32.2. The molecule has 2 saturated heterocycles. The van der Waals surface area contributed by atoms with Crippen molar-refractivity contribution >= 4 is 15.9 Å². The summed E-state index contributed by atoms with van der Waals surface area (Å²) in [7, 11) is -3.75. The second kappa shape index (κ2) is 10.0. The summed E-state index contributed by atoms with van der Waals surface area (Å²) >= 11 is 0. The predicted molar refractivity (Wildman–Crippen MR) is 126 cm³/mol. The highest BCUT2D eigenvalue weighted by Gasteiger charge is 2.35. The van der Waals surface area contributed by atoms with Gasteiger partial charge >= 0.3 is 0 Å². The third-order valence-electron chi connectivity index (χ3n) is 6.85. The first kappa shape index (κ1) is 23.4. The molecule has 0 spiro atoms. The molecule has 0 radical (unpaired) electrons. The molecule has 4 rings (SSSR count). The number of nitrogens with zero attached hydrogens (tertiary/aromatic N) is 3. The molecular weight excluding hydrogens is 436 g/mol. The summed E-state index contributed by atoms with van der Waals surface area (Å²) in [5, 5.41) is 12.5. The molecule has 2 heterocycles. The van der Waals surface area contributed by atoms with Gasteiger partial charge in [0.25, 0.3) is 0 Å². The predicted octanol–water partition coefficient (Wildman–Crippen LogP) is 2.91. The fourth-order valence-electron chi connectivity index (χ4n) is 4.80. The quantitative estimate of drug-likeness (QED) is 0.707. The number of sulfonamides is 1. The summed E-state index contributed by atoms with van der Waals surface area (Å²) in [5.41, 5.74) is 1.42. The molecule has 0 aromatic heterocycles. The van der Waals surface area contributed by atoms with Gasteiger partial charge in [-0.2, -0.15) is 9.57 Å². The van der Waals surface area contributed by atoms with Gasteiger partial charge in [0.1, 0.15) is 6.07 Å². The van der Waals surface area contributed by atoms with Crippen LogP contribution in [0.1, 0.15) is 43.4 Å². The highest BCUT2D eigenvalue weighted by molar-refractivity contribution is 7.89. The minimum Gasteiger partial charge on any atom is -0.352 e. The van der Waals surface area contributed by atoms with Crippen LogP contribution >= 0.6 is 0 Å². The van der Waals surface area contributed by atoms with E-state index >= 15 is 0 Å². The van der Waals surface area contributed by atoms with Crippen LogP contribution in [0.25, 0.3) is 0 Å². The molecule has 1 amide bonds. The molecule has 2 unspecified atom stereocenters. The van der Waals surface area contributed by atoms with Crippen LogP contribution in [0.5, 0.6) is 0 Å². The van der Waals surface area contributed by atoms with E-state index in [0.717, 1.165) is 19.5 Å². The Morgan fingerprint density at radius 2 is 1.70 bits per heavy atom. The number of piperidine rings is 1. The second-order valence-electron chi connectivity index (χ2n) is 8.86. The van der Waals surface area contributed by atoms with Gasteiger partial charge in [0.15, 0.2) is 0 Å². The summed E-state index contributed by atoms with van der Waals surface area (Å²) in [6.45, 7) is 4.51. The van der Waals surface area contributed by atoms with Gasteiger partial charge in [-0.15, -0.1) is 0 Å². The molecule has 2 atom stereocenters. The third kappa shape index (κ3) is 5.11. The van der Waals surface area contributed by atoms with Crippen molar-refractivity contribution in [1.82, 2.24) is 14.5 Å². The van der Waals surface area contributed by atoms with Crippen LogP contribution in [-0.2, 0) is 14.8 Å². The molecule has 8 heteroatoms. The summed E-state index contributed by atoms with van der Waals surface area (Å²) in [4.78, 5) is 15.3. The fraction of sp³-hybridized carbons (Fsp3) is 0.440. The number of carbonyl (C=O) groups excluding carboxylic acids is 1. The Hall–Kier alpha value is -2.73. The van der Waals surface area contributed by atoms with Gasteiger partial charge in [0.05, 0.1) is 10.5 Å². The van der Waals surface area contributed by atoms with Gasteiger partial charge in [0.2, 0.25) is 15.9 Å². The third-order valence-corrected chi connectivity index (χ3v) is 8.80. The molecule has 2 aliphatic heterocycles. The van der Waals surface area contributed by atoms with Gasteiger partial charge in [-0.05, 0) is 43.9 Å². The summed E-state index contributed by atoms with van der Waals surface area (Å²) in [6, 6.07) is 19.0. The van der Waals surface area contributed by atoms with Gasteiger partial charge in [-0.25, -0.2) is 8.42 Å². The molecule has 0 aliphatic carbocycles. The molecule has 2 aliphatic rings. The molecule has 174 valence electrons. The number of likely N-dealkylation sites (tertiary alicyclic amines) is 1.